The Balaban J connectivity index is 2.25. The highest BCUT2D eigenvalue weighted by atomic mass is 79.9. The molecule has 4 nitrogen and oxygen atoms in total. The summed E-state index contributed by atoms with van der Waals surface area (Å²) in [7, 11) is 1.60. The summed E-state index contributed by atoms with van der Waals surface area (Å²) in [6.07, 6.45) is 1.20. The topological polar surface area (TPSA) is 44.1 Å². The summed E-state index contributed by atoms with van der Waals surface area (Å²) in [5.41, 5.74) is 1.94. The molecule has 20 heavy (non-hydrogen) atoms. The number of carbonyl (C=O) groups is 1. The van der Waals surface area contributed by atoms with Gasteiger partial charge in [-0.15, -0.1) is 11.3 Å². The van der Waals surface area contributed by atoms with Crippen LogP contribution in [-0.2, 0) is 19.4 Å². The molecular formula is C14H17BrN2O2S. The zero-order valence-corrected chi connectivity index (χ0v) is 14.2. The summed E-state index contributed by atoms with van der Waals surface area (Å²) >= 11 is 4.98. The number of ether oxygens (including phenoxy) is 1. The van der Waals surface area contributed by atoms with Crippen molar-refractivity contribution >= 4 is 33.0 Å². The zero-order chi connectivity index (χ0) is 14.7. The largest absolute Gasteiger partial charge is 0.496 e. The van der Waals surface area contributed by atoms with Gasteiger partial charge in [-0.3, -0.25) is 9.48 Å². The van der Waals surface area contributed by atoms with Crippen molar-refractivity contribution in [2.24, 2.45) is 0 Å². The third-order valence-electron chi connectivity index (χ3n) is 3.11. The van der Waals surface area contributed by atoms with Crippen molar-refractivity contribution in [3.05, 3.63) is 32.2 Å². The quantitative estimate of drug-likeness (QED) is 0.740. The number of halogens is 1. The molecule has 0 spiro atoms. The number of hydrogen-bond donors (Lipinski definition) is 0. The minimum absolute atomic E-state index is 0.0938. The van der Waals surface area contributed by atoms with E-state index in [1.165, 1.54) is 11.3 Å². The molecule has 0 aliphatic rings. The molecule has 6 heteroatoms. The maximum atomic E-state index is 12.4. The molecule has 0 radical (unpaired) electrons. The van der Waals surface area contributed by atoms with E-state index in [2.05, 4.69) is 28.0 Å². The maximum absolute atomic E-state index is 12.4. The Hall–Kier alpha value is -1.14. The van der Waals surface area contributed by atoms with E-state index in [1.54, 1.807) is 13.2 Å². The first kappa shape index (κ1) is 15.3. The number of Topliss-reactive ketones (excluding diaryl/α,β-unsaturated/α-hetero) is 1. The summed E-state index contributed by atoms with van der Waals surface area (Å²) in [5.74, 6) is 0.826. The lowest BCUT2D eigenvalue weighted by molar-refractivity contribution is 0.0994. The number of nitrogens with zero attached hydrogens (tertiary/aromatic N) is 2. The lowest BCUT2D eigenvalue weighted by Crippen LogP contribution is -2.09. The van der Waals surface area contributed by atoms with Crippen molar-refractivity contribution in [3.63, 3.8) is 0 Å². The van der Waals surface area contributed by atoms with E-state index >= 15 is 0 Å². The Morgan fingerprint density at radius 1 is 1.50 bits per heavy atom. The predicted molar refractivity (Wildman–Crippen MR) is 83.9 cm³/mol. The second-order valence-corrected chi connectivity index (χ2v) is 6.03. The first-order chi connectivity index (χ1) is 9.60. The van der Waals surface area contributed by atoms with E-state index in [0.717, 1.165) is 39.5 Å². The molecule has 0 unspecified atom stereocenters. The van der Waals surface area contributed by atoms with Gasteiger partial charge in [0.15, 0.2) is 5.78 Å². The molecule has 0 atom stereocenters. The molecule has 0 amide bonds. The fourth-order valence-electron chi connectivity index (χ4n) is 2.00. The van der Waals surface area contributed by atoms with Gasteiger partial charge in [0.05, 0.1) is 34.3 Å². The zero-order valence-electron chi connectivity index (χ0n) is 11.8. The normalized spacial score (nSPS) is 10.8. The molecule has 0 fully saturated rings. The summed E-state index contributed by atoms with van der Waals surface area (Å²) in [4.78, 5) is 13.1. The average molecular weight is 357 g/mol. The number of methoxy groups -OCH3 is 1. The monoisotopic (exact) mass is 356 g/mol. The maximum Gasteiger partial charge on any atom is 0.178 e. The molecule has 2 heterocycles. The van der Waals surface area contributed by atoms with E-state index in [9.17, 15) is 4.79 Å². The lowest BCUT2D eigenvalue weighted by atomic mass is 10.1. The van der Waals surface area contributed by atoms with Crippen molar-refractivity contribution < 1.29 is 9.53 Å². The van der Waals surface area contributed by atoms with Gasteiger partial charge in [0, 0.05) is 18.0 Å². The van der Waals surface area contributed by atoms with Crippen molar-refractivity contribution in [3.8, 4) is 5.75 Å². The van der Waals surface area contributed by atoms with Crippen molar-refractivity contribution in [1.29, 1.82) is 0 Å². The SMILES string of the molecule is CCc1nn(CC)c(CC(=O)c2cc(OC)cs2)c1Br. The van der Waals surface area contributed by atoms with Crippen LogP contribution in [0.15, 0.2) is 15.9 Å². The van der Waals surface area contributed by atoms with Crippen LogP contribution in [0.25, 0.3) is 0 Å². The van der Waals surface area contributed by atoms with Gasteiger partial charge in [-0.1, -0.05) is 6.92 Å². The van der Waals surface area contributed by atoms with Crippen LogP contribution >= 0.6 is 27.3 Å². The van der Waals surface area contributed by atoms with Crippen LogP contribution in [0.3, 0.4) is 0 Å². The Morgan fingerprint density at radius 3 is 2.80 bits per heavy atom. The number of hydrogen-bond acceptors (Lipinski definition) is 4. The smallest absolute Gasteiger partial charge is 0.178 e. The summed E-state index contributed by atoms with van der Waals surface area (Å²) < 4.78 is 7.97. The fourth-order valence-corrected chi connectivity index (χ4v) is 3.50. The van der Waals surface area contributed by atoms with Crippen LogP contribution in [0.4, 0.5) is 0 Å². The molecule has 108 valence electrons. The molecule has 0 bridgehead atoms. The second-order valence-electron chi connectivity index (χ2n) is 4.33. The van der Waals surface area contributed by atoms with Crippen LogP contribution in [0.5, 0.6) is 5.75 Å². The molecule has 0 aliphatic heterocycles. The molecule has 2 rings (SSSR count). The van der Waals surface area contributed by atoms with Gasteiger partial charge >= 0.3 is 0 Å². The first-order valence-corrected chi connectivity index (χ1v) is 8.17. The minimum Gasteiger partial charge on any atom is -0.496 e. The van der Waals surface area contributed by atoms with Gasteiger partial charge in [-0.05, 0) is 29.3 Å². The lowest BCUT2D eigenvalue weighted by Gasteiger charge is -2.03. The third-order valence-corrected chi connectivity index (χ3v) is 4.97. The predicted octanol–water partition coefficient (Wildman–Crippen LogP) is 3.72. The van der Waals surface area contributed by atoms with Gasteiger partial charge < -0.3 is 4.74 Å². The third kappa shape index (κ3) is 2.96. The van der Waals surface area contributed by atoms with Crippen LogP contribution in [0.1, 0.15) is 34.9 Å². The van der Waals surface area contributed by atoms with E-state index < -0.39 is 0 Å². The Morgan fingerprint density at radius 2 is 2.25 bits per heavy atom. The number of aryl methyl sites for hydroxylation is 2. The van der Waals surface area contributed by atoms with Crippen LogP contribution in [-0.4, -0.2) is 22.7 Å². The van der Waals surface area contributed by atoms with Gasteiger partial charge in [0.2, 0.25) is 0 Å². The fraction of sp³-hybridized carbons (Fsp3) is 0.429. The molecule has 0 N–H and O–H groups in total. The first-order valence-electron chi connectivity index (χ1n) is 6.50. The Bertz CT molecular complexity index is 619. The second kappa shape index (κ2) is 6.54. The summed E-state index contributed by atoms with van der Waals surface area (Å²) in [5, 5.41) is 6.36. The number of ketones is 1. The molecule has 0 saturated carbocycles. The number of rotatable bonds is 6. The molecule has 2 aromatic rings. The number of aromatic nitrogens is 2. The van der Waals surface area contributed by atoms with Crippen molar-refractivity contribution in [2.75, 3.05) is 7.11 Å². The highest BCUT2D eigenvalue weighted by molar-refractivity contribution is 9.10. The van der Waals surface area contributed by atoms with Gasteiger partial charge in [-0.25, -0.2) is 0 Å². The summed E-state index contributed by atoms with van der Waals surface area (Å²) in [6.45, 7) is 4.85. The molecular weight excluding hydrogens is 340 g/mol. The Labute approximate surface area is 130 Å². The Kier molecular flexibility index (Phi) is 4.99. The molecule has 0 saturated heterocycles. The molecule has 2 aromatic heterocycles. The van der Waals surface area contributed by atoms with E-state index in [0.29, 0.717) is 6.42 Å². The van der Waals surface area contributed by atoms with Crippen molar-refractivity contribution in [1.82, 2.24) is 9.78 Å². The highest BCUT2D eigenvalue weighted by Gasteiger charge is 2.18. The van der Waals surface area contributed by atoms with E-state index in [4.69, 9.17) is 4.74 Å². The minimum atomic E-state index is 0.0938. The number of thiophene rings is 1. The van der Waals surface area contributed by atoms with E-state index in [1.807, 2.05) is 17.0 Å². The summed E-state index contributed by atoms with van der Waals surface area (Å²) in [6, 6.07) is 1.79. The van der Waals surface area contributed by atoms with E-state index in [-0.39, 0.29) is 5.78 Å². The van der Waals surface area contributed by atoms with Crippen LogP contribution in [0.2, 0.25) is 0 Å². The standard InChI is InChI=1S/C14H17BrN2O2S/c1-4-10-14(15)11(17(5-2)16-10)7-12(18)13-6-9(19-3)8-20-13/h6,8H,4-5,7H2,1-3H3. The van der Waals surface area contributed by atoms with Gasteiger partial charge in [0.1, 0.15) is 5.75 Å². The van der Waals surface area contributed by atoms with Crippen LogP contribution in [0, 0.1) is 0 Å². The van der Waals surface area contributed by atoms with Crippen LogP contribution < -0.4 is 4.74 Å². The number of carbonyl (C=O) groups excluding carboxylic acids is 1. The average Bonchev–Trinajstić information content (AvgIpc) is 3.05. The van der Waals surface area contributed by atoms with Gasteiger partial charge in [-0.2, -0.15) is 5.10 Å². The van der Waals surface area contributed by atoms with Gasteiger partial charge in [0.25, 0.3) is 0 Å². The molecule has 0 aromatic carbocycles. The molecule has 0 aliphatic carbocycles. The van der Waals surface area contributed by atoms with Crippen molar-refractivity contribution in [2.45, 2.75) is 33.2 Å². The highest BCUT2D eigenvalue weighted by Crippen LogP contribution is 2.26.